The number of benzene rings is 4. The molecule has 0 radical (unpaired) electrons. The molecule has 34 heavy (non-hydrogen) atoms. The van der Waals surface area contributed by atoms with E-state index in [0.717, 1.165) is 10.8 Å². The van der Waals surface area contributed by atoms with Gasteiger partial charge in [0.2, 0.25) is 0 Å². The lowest BCUT2D eigenvalue weighted by molar-refractivity contribution is -0.118. The van der Waals surface area contributed by atoms with Crippen LogP contribution in [-0.4, -0.2) is 18.4 Å². The van der Waals surface area contributed by atoms with Crippen molar-refractivity contribution in [3.05, 3.63) is 108 Å². The second-order valence-corrected chi connectivity index (χ2v) is 7.43. The summed E-state index contributed by atoms with van der Waals surface area (Å²) in [6.07, 6.45) is 1.45. The Morgan fingerprint density at radius 3 is 2.29 bits per heavy atom. The third-order valence-electron chi connectivity index (χ3n) is 5.01. The molecule has 6 nitrogen and oxygen atoms in total. The molecule has 0 fully saturated rings. The van der Waals surface area contributed by atoms with Gasteiger partial charge in [-0.2, -0.15) is 5.26 Å². The predicted molar refractivity (Wildman–Crippen MR) is 133 cm³/mol. The van der Waals surface area contributed by atoms with Gasteiger partial charge < -0.3 is 15.4 Å². The fourth-order valence-electron chi connectivity index (χ4n) is 3.36. The number of anilines is 2. The number of nitriles is 1. The van der Waals surface area contributed by atoms with Crippen molar-refractivity contribution >= 4 is 40.0 Å². The minimum absolute atomic E-state index is 0.0852. The van der Waals surface area contributed by atoms with Crippen LogP contribution in [0.5, 0.6) is 5.75 Å². The van der Waals surface area contributed by atoms with Crippen molar-refractivity contribution in [2.24, 2.45) is 0 Å². The quantitative estimate of drug-likeness (QED) is 0.293. The fraction of sp³-hybridized carbons (Fsp3) is 0.0357. The number of carbonyl (C=O) groups is 2. The zero-order valence-electron chi connectivity index (χ0n) is 18.2. The molecule has 0 aliphatic carbocycles. The molecule has 166 valence electrons. The first-order valence-electron chi connectivity index (χ1n) is 10.6. The molecule has 0 heterocycles. The molecule has 0 aliphatic heterocycles. The van der Waals surface area contributed by atoms with Gasteiger partial charge >= 0.3 is 0 Å². The maximum absolute atomic E-state index is 12.8. The molecule has 4 aromatic carbocycles. The van der Waals surface area contributed by atoms with E-state index < -0.39 is 5.91 Å². The van der Waals surface area contributed by atoms with Crippen molar-refractivity contribution in [3.63, 3.8) is 0 Å². The molecule has 6 heteroatoms. The second kappa shape index (κ2) is 10.6. The molecular formula is C28H21N3O3. The van der Waals surface area contributed by atoms with Gasteiger partial charge in [0.15, 0.2) is 6.61 Å². The average Bonchev–Trinajstić information content (AvgIpc) is 2.87. The number of nitrogens with zero attached hydrogens (tertiary/aromatic N) is 1. The Morgan fingerprint density at radius 1 is 0.794 bits per heavy atom. The van der Waals surface area contributed by atoms with Crippen molar-refractivity contribution < 1.29 is 14.3 Å². The molecule has 0 unspecified atom stereocenters. The Morgan fingerprint density at radius 2 is 1.50 bits per heavy atom. The van der Waals surface area contributed by atoms with Crippen LogP contribution in [0.3, 0.4) is 0 Å². The molecule has 0 saturated heterocycles. The van der Waals surface area contributed by atoms with Gasteiger partial charge in [-0.3, -0.25) is 9.59 Å². The van der Waals surface area contributed by atoms with Gasteiger partial charge in [0.05, 0.1) is 0 Å². The van der Waals surface area contributed by atoms with Crippen LogP contribution in [0.1, 0.15) is 5.56 Å². The van der Waals surface area contributed by atoms with E-state index in [1.807, 2.05) is 60.7 Å². The van der Waals surface area contributed by atoms with Crippen LogP contribution in [0.2, 0.25) is 0 Å². The second-order valence-electron chi connectivity index (χ2n) is 7.43. The van der Waals surface area contributed by atoms with Crippen molar-refractivity contribution in [2.75, 3.05) is 17.2 Å². The zero-order chi connectivity index (χ0) is 23.8. The number of carbonyl (C=O) groups excluding carboxylic acids is 2. The third-order valence-corrected chi connectivity index (χ3v) is 5.01. The Balaban J connectivity index is 1.46. The van der Waals surface area contributed by atoms with E-state index in [0.29, 0.717) is 22.7 Å². The highest BCUT2D eigenvalue weighted by molar-refractivity contribution is 6.10. The maximum Gasteiger partial charge on any atom is 0.266 e. The van der Waals surface area contributed by atoms with Crippen LogP contribution in [0.4, 0.5) is 11.4 Å². The van der Waals surface area contributed by atoms with Crippen molar-refractivity contribution in [2.45, 2.75) is 0 Å². The largest absolute Gasteiger partial charge is 0.483 e. The van der Waals surface area contributed by atoms with Crippen molar-refractivity contribution in [1.82, 2.24) is 0 Å². The van der Waals surface area contributed by atoms with Gasteiger partial charge in [0, 0.05) is 16.9 Å². The first-order valence-corrected chi connectivity index (χ1v) is 10.6. The van der Waals surface area contributed by atoms with E-state index in [-0.39, 0.29) is 18.1 Å². The minimum Gasteiger partial charge on any atom is -0.483 e. The van der Waals surface area contributed by atoms with E-state index in [9.17, 15) is 14.9 Å². The zero-order valence-corrected chi connectivity index (χ0v) is 18.2. The Hall–Kier alpha value is -4.89. The van der Waals surface area contributed by atoms with E-state index in [1.54, 1.807) is 42.5 Å². The normalized spacial score (nSPS) is 10.9. The summed E-state index contributed by atoms with van der Waals surface area (Å²) in [5, 5.41) is 17.1. The van der Waals surface area contributed by atoms with Crippen LogP contribution in [0, 0.1) is 11.3 Å². The molecule has 0 saturated carbocycles. The summed E-state index contributed by atoms with van der Waals surface area (Å²) in [6, 6.07) is 31.3. The lowest BCUT2D eigenvalue weighted by Crippen LogP contribution is -2.20. The lowest BCUT2D eigenvalue weighted by atomic mass is 10.1. The molecule has 0 aromatic heterocycles. The van der Waals surface area contributed by atoms with Gasteiger partial charge in [-0.1, -0.05) is 66.7 Å². The summed E-state index contributed by atoms with van der Waals surface area (Å²) < 4.78 is 5.67. The number of hydrogen-bond donors (Lipinski definition) is 2. The first-order chi connectivity index (χ1) is 16.6. The highest BCUT2D eigenvalue weighted by Gasteiger charge is 2.12. The number of rotatable bonds is 7. The van der Waals surface area contributed by atoms with E-state index in [4.69, 9.17) is 4.74 Å². The number of hydrogen-bond acceptors (Lipinski definition) is 4. The SMILES string of the molecule is N#CC(=Cc1ccccc1OCC(=O)Nc1ccccc1)C(=O)Nc1ccc2ccccc2c1. The summed E-state index contributed by atoms with van der Waals surface area (Å²) >= 11 is 0. The number of nitrogens with one attached hydrogen (secondary N) is 2. The van der Waals surface area contributed by atoms with Crippen LogP contribution in [-0.2, 0) is 9.59 Å². The molecule has 2 N–H and O–H groups in total. The summed E-state index contributed by atoms with van der Waals surface area (Å²) in [7, 11) is 0. The summed E-state index contributed by atoms with van der Waals surface area (Å²) in [6.45, 7) is -0.217. The number of para-hydroxylation sites is 2. The number of fused-ring (bicyclic) bond motifs is 1. The molecule has 4 rings (SSSR count). The molecule has 0 atom stereocenters. The highest BCUT2D eigenvalue weighted by Crippen LogP contribution is 2.23. The molecular weight excluding hydrogens is 426 g/mol. The standard InChI is InChI=1S/C28H21N3O3/c29-18-23(28(33)31-25-15-14-20-8-4-5-9-21(20)17-25)16-22-10-6-7-13-26(22)34-19-27(32)30-24-11-2-1-3-12-24/h1-17H,19H2,(H,30,32)(H,31,33). The summed E-state index contributed by atoms with van der Waals surface area (Å²) in [4.78, 5) is 25.0. The Kier molecular flexibility index (Phi) is 6.97. The van der Waals surface area contributed by atoms with Crippen molar-refractivity contribution in [1.29, 1.82) is 5.26 Å². The van der Waals surface area contributed by atoms with Gasteiger partial charge in [0.25, 0.3) is 11.8 Å². The van der Waals surface area contributed by atoms with Gasteiger partial charge in [0.1, 0.15) is 17.4 Å². The van der Waals surface area contributed by atoms with Crippen LogP contribution >= 0.6 is 0 Å². The van der Waals surface area contributed by atoms with Crippen LogP contribution in [0.15, 0.2) is 103 Å². The fourth-order valence-corrected chi connectivity index (χ4v) is 3.36. The van der Waals surface area contributed by atoms with Gasteiger partial charge in [-0.25, -0.2) is 0 Å². The van der Waals surface area contributed by atoms with Crippen LogP contribution < -0.4 is 15.4 Å². The van der Waals surface area contributed by atoms with E-state index in [1.165, 1.54) is 6.08 Å². The van der Waals surface area contributed by atoms with Crippen LogP contribution in [0.25, 0.3) is 16.8 Å². The summed E-state index contributed by atoms with van der Waals surface area (Å²) in [5.41, 5.74) is 1.69. The topological polar surface area (TPSA) is 91.2 Å². The molecule has 4 aromatic rings. The Labute approximate surface area is 197 Å². The predicted octanol–water partition coefficient (Wildman–Crippen LogP) is 5.40. The Bertz CT molecular complexity index is 1410. The van der Waals surface area contributed by atoms with E-state index >= 15 is 0 Å². The average molecular weight is 447 g/mol. The number of amides is 2. The molecule has 0 aliphatic rings. The lowest BCUT2D eigenvalue weighted by Gasteiger charge is -2.10. The van der Waals surface area contributed by atoms with E-state index in [2.05, 4.69) is 10.6 Å². The van der Waals surface area contributed by atoms with Crippen molar-refractivity contribution in [3.8, 4) is 11.8 Å². The van der Waals surface area contributed by atoms with Gasteiger partial charge in [-0.15, -0.1) is 0 Å². The highest BCUT2D eigenvalue weighted by atomic mass is 16.5. The molecule has 2 amide bonds. The molecule has 0 bridgehead atoms. The monoisotopic (exact) mass is 447 g/mol. The first kappa shape index (κ1) is 22.3. The smallest absolute Gasteiger partial charge is 0.266 e. The van der Waals surface area contributed by atoms with Gasteiger partial charge in [-0.05, 0) is 47.2 Å². The number of ether oxygens (including phenoxy) is 1. The molecule has 0 spiro atoms. The third kappa shape index (κ3) is 5.67. The maximum atomic E-state index is 12.8. The summed E-state index contributed by atoms with van der Waals surface area (Å²) in [5.74, 6) is -0.467. The minimum atomic E-state index is -0.533.